The highest BCUT2D eigenvalue weighted by molar-refractivity contribution is 6.28. The Bertz CT molecular complexity index is 2760. The second-order valence-corrected chi connectivity index (χ2v) is 14.2. The highest BCUT2D eigenvalue weighted by Crippen LogP contribution is 2.50. The Morgan fingerprint density at radius 3 is 1.73 bits per heavy atom. The van der Waals surface area contributed by atoms with Crippen molar-refractivity contribution in [3.05, 3.63) is 181 Å². The van der Waals surface area contributed by atoms with Crippen molar-refractivity contribution in [2.45, 2.75) is 19.3 Å². The van der Waals surface area contributed by atoms with Gasteiger partial charge in [-0.15, -0.1) is 0 Å². The van der Waals surface area contributed by atoms with Crippen LogP contribution in [0.15, 0.2) is 170 Å². The summed E-state index contributed by atoms with van der Waals surface area (Å²) in [5.74, 6) is 0.720. The van der Waals surface area contributed by atoms with Crippen LogP contribution in [0.1, 0.15) is 25.0 Å². The van der Waals surface area contributed by atoms with Gasteiger partial charge >= 0.3 is 0 Å². The van der Waals surface area contributed by atoms with E-state index in [0.717, 1.165) is 33.9 Å². The first-order valence-electron chi connectivity index (χ1n) is 17.7. The van der Waals surface area contributed by atoms with E-state index in [4.69, 9.17) is 9.97 Å². The molecule has 0 spiro atoms. The van der Waals surface area contributed by atoms with E-state index < -0.39 is 0 Å². The molecule has 0 saturated carbocycles. The molecule has 8 aromatic carbocycles. The van der Waals surface area contributed by atoms with E-state index in [-0.39, 0.29) is 5.41 Å². The fourth-order valence-corrected chi connectivity index (χ4v) is 8.34. The molecule has 10 rings (SSSR count). The molecule has 2 heteroatoms. The van der Waals surface area contributed by atoms with Gasteiger partial charge in [0.25, 0.3) is 0 Å². The molecule has 51 heavy (non-hydrogen) atoms. The van der Waals surface area contributed by atoms with Gasteiger partial charge in [-0.3, -0.25) is 0 Å². The molecule has 0 radical (unpaired) electrons. The monoisotopic (exact) mass is 650 g/mol. The fourth-order valence-electron chi connectivity index (χ4n) is 8.34. The van der Waals surface area contributed by atoms with E-state index in [1.54, 1.807) is 0 Å². The molecule has 0 N–H and O–H groups in total. The zero-order chi connectivity index (χ0) is 34.1. The molecule has 0 amide bonds. The van der Waals surface area contributed by atoms with Gasteiger partial charge in [0.2, 0.25) is 0 Å². The molecule has 0 saturated heterocycles. The lowest BCUT2D eigenvalue weighted by Gasteiger charge is -2.22. The molecule has 0 fully saturated rings. The van der Waals surface area contributed by atoms with E-state index in [9.17, 15) is 0 Å². The van der Waals surface area contributed by atoms with Crippen molar-refractivity contribution >= 4 is 32.3 Å². The standard InChI is InChI=1S/C49H34N2/c1-49(2)43-23-12-11-20-37(43)38-26-24-34(29-44(38)49)33-25-27-40-42(28-33)36-19-10-9-18-35(36)39-21-13-22-41(47(39)40)46-30-45(31-14-5-3-6-15-31)50-48(51-46)32-16-7-4-8-17-32/h3-30H,1-2H3. The van der Waals surface area contributed by atoms with Gasteiger partial charge in [-0.05, 0) is 83.9 Å². The van der Waals surface area contributed by atoms with Crippen molar-refractivity contribution < 1.29 is 0 Å². The van der Waals surface area contributed by atoms with Crippen LogP contribution in [-0.4, -0.2) is 9.97 Å². The number of nitrogens with zero attached hydrogens (tertiary/aromatic N) is 2. The van der Waals surface area contributed by atoms with Crippen molar-refractivity contribution in [1.29, 1.82) is 0 Å². The lowest BCUT2D eigenvalue weighted by molar-refractivity contribution is 0.660. The third-order valence-corrected chi connectivity index (χ3v) is 10.9. The van der Waals surface area contributed by atoms with Crippen LogP contribution in [0.5, 0.6) is 0 Å². The first-order chi connectivity index (χ1) is 25.0. The Morgan fingerprint density at radius 2 is 0.922 bits per heavy atom. The zero-order valence-electron chi connectivity index (χ0n) is 28.6. The normalized spacial score (nSPS) is 13.1. The summed E-state index contributed by atoms with van der Waals surface area (Å²) in [6, 6.07) is 61.2. The van der Waals surface area contributed by atoms with Crippen LogP contribution in [0.25, 0.3) is 88.5 Å². The number of hydrogen-bond donors (Lipinski definition) is 0. The van der Waals surface area contributed by atoms with Gasteiger partial charge in [-0.25, -0.2) is 9.97 Å². The molecule has 0 aliphatic heterocycles. The van der Waals surface area contributed by atoms with Crippen LogP contribution in [0.4, 0.5) is 0 Å². The summed E-state index contributed by atoms with van der Waals surface area (Å²) in [6.07, 6.45) is 0. The van der Waals surface area contributed by atoms with Crippen molar-refractivity contribution in [3.63, 3.8) is 0 Å². The number of hydrogen-bond acceptors (Lipinski definition) is 2. The first kappa shape index (κ1) is 29.5. The van der Waals surface area contributed by atoms with Crippen LogP contribution in [0, 0.1) is 0 Å². The van der Waals surface area contributed by atoms with Gasteiger partial charge in [0.15, 0.2) is 5.82 Å². The van der Waals surface area contributed by atoms with Gasteiger partial charge in [-0.2, -0.15) is 0 Å². The number of fused-ring (bicyclic) bond motifs is 9. The second kappa shape index (κ2) is 11.3. The molecule has 0 bridgehead atoms. The molecular weight excluding hydrogens is 617 g/mol. The molecule has 1 aliphatic carbocycles. The van der Waals surface area contributed by atoms with E-state index in [1.165, 1.54) is 65.7 Å². The minimum atomic E-state index is -0.0503. The van der Waals surface area contributed by atoms with Crippen molar-refractivity contribution in [2.24, 2.45) is 0 Å². The van der Waals surface area contributed by atoms with Crippen molar-refractivity contribution in [2.75, 3.05) is 0 Å². The van der Waals surface area contributed by atoms with Gasteiger partial charge in [0.05, 0.1) is 11.4 Å². The number of rotatable bonds is 4. The average Bonchev–Trinajstić information content (AvgIpc) is 3.43. The van der Waals surface area contributed by atoms with E-state index in [0.29, 0.717) is 0 Å². The third kappa shape index (κ3) is 4.64. The maximum atomic E-state index is 5.25. The number of benzene rings is 8. The SMILES string of the molecule is CC1(C)c2ccccc2-c2ccc(-c3ccc4c(c3)c3ccccc3c3cccc(-c5cc(-c6ccccc6)nc(-c6ccccc6)n5)c34)cc21. The van der Waals surface area contributed by atoms with Crippen molar-refractivity contribution in [1.82, 2.24) is 9.97 Å². The Balaban J connectivity index is 1.21. The summed E-state index contributed by atoms with van der Waals surface area (Å²) in [6.45, 7) is 4.70. The largest absolute Gasteiger partial charge is 0.228 e. The average molecular weight is 651 g/mol. The maximum Gasteiger partial charge on any atom is 0.160 e. The summed E-state index contributed by atoms with van der Waals surface area (Å²) >= 11 is 0. The van der Waals surface area contributed by atoms with Crippen LogP contribution in [0.2, 0.25) is 0 Å². The molecule has 9 aromatic rings. The van der Waals surface area contributed by atoms with E-state index in [1.807, 2.05) is 24.3 Å². The molecule has 2 nitrogen and oxygen atoms in total. The topological polar surface area (TPSA) is 25.8 Å². The van der Waals surface area contributed by atoms with Gasteiger partial charge < -0.3 is 0 Å². The summed E-state index contributed by atoms with van der Waals surface area (Å²) in [4.78, 5) is 10.3. The number of aromatic nitrogens is 2. The zero-order valence-corrected chi connectivity index (χ0v) is 28.6. The summed E-state index contributed by atoms with van der Waals surface area (Å²) in [5, 5.41) is 7.39. The lowest BCUT2D eigenvalue weighted by Crippen LogP contribution is -2.14. The smallest absolute Gasteiger partial charge is 0.160 e. The molecule has 1 aromatic heterocycles. The predicted octanol–water partition coefficient (Wildman–Crippen LogP) is 12.9. The molecule has 1 heterocycles. The molecule has 0 unspecified atom stereocenters. The van der Waals surface area contributed by atoms with Gasteiger partial charge in [0, 0.05) is 22.1 Å². The highest BCUT2D eigenvalue weighted by Gasteiger charge is 2.35. The van der Waals surface area contributed by atoms with Crippen molar-refractivity contribution in [3.8, 4) is 56.2 Å². The van der Waals surface area contributed by atoms with Gasteiger partial charge in [0.1, 0.15) is 0 Å². The Morgan fingerprint density at radius 1 is 0.353 bits per heavy atom. The first-order valence-corrected chi connectivity index (χ1v) is 17.7. The molecule has 240 valence electrons. The minimum absolute atomic E-state index is 0.0503. The van der Waals surface area contributed by atoms with E-state index in [2.05, 4.69) is 159 Å². The van der Waals surface area contributed by atoms with E-state index >= 15 is 0 Å². The maximum absolute atomic E-state index is 5.25. The molecular formula is C49H34N2. The Kier molecular flexibility index (Phi) is 6.56. The summed E-state index contributed by atoms with van der Waals surface area (Å²) in [5.41, 5.74) is 12.9. The summed E-state index contributed by atoms with van der Waals surface area (Å²) < 4.78 is 0. The Labute approximate surface area is 297 Å². The quantitative estimate of drug-likeness (QED) is 0.177. The fraction of sp³-hybridized carbons (Fsp3) is 0.0612. The third-order valence-electron chi connectivity index (χ3n) is 10.9. The summed E-state index contributed by atoms with van der Waals surface area (Å²) in [7, 11) is 0. The molecule has 1 aliphatic rings. The van der Waals surface area contributed by atoms with Gasteiger partial charge in [-0.1, -0.05) is 166 Å². The second-order valence-electron chi connectivity index (χ2n) is 14.2. The van der Waals surface area contributed by atoms with Crippen LogP contribution in [-0.2, 0) is 5.41 Å². The lowest BCUT2D eigenvalue weighted by atomic mass is 9.81. The van der Waals surface area contributed by atoms with Crippen LogP contribution in [0.3, 0.4) is 0 Å². The minimum Gasteiger partial charge on any atom is -0.228 e. The predicted molar refractivity (Wildman–Crippen MR) is 214 cm³/mol. The Hall–Kier alpha value is -6.38. The van der Waals surface area contributed by atoms with Crippen LogP contribution >= 0.6 is 0 Å². The highest BCUT2D eigenvalue weighted by atomic mass is 14.9. The molecule has 0 atom stereocenters. The van der Waals surface area contributed by atoms with Crippen LogP contribution < -0.4 is 0 Å².